The molecule has 0 spiro atoms. The van der Waals surface area contributed by atoms with Crippen molar-refractivity contribution >= 4 is 26.9 Å². The third-order valence-corrected chi connectivity index (χ3v) is 4.81. The average molecular weight is 372 g/mol. The highest BCUT2D eigenvalue weighted by atomic mass is 32.2. The van der Waals surface area contributed by atoms with Crippen molar-refractivity contribution in [3.8, 4) is 0 Å². The quantitative estimate of drug-likeness (QED) is 0.526. The van der Waals surface area contributed by atoms with Crippen molar-refractivity contribution in [1.82, 2.24) is 9.78 Å². The van der Waals surface area contributed by atoms with Crippen LogP contribution in [0.1, 0.15) is 5.56 Å². The van der Waals surface area contributed by atoms with E-state index in [0.29, 0.717) is 12.2 Å². The van der Waals surface area contributed by atoms with Gasteiger partial charge in [0.15, 0.2) is 9.84 Å². The maximum atomic E-state index is 11.8. The Hall–Kier alpha value is -3.20. The predicted molar refractivity (Wildman–Crippen MR) is 97.3 cm³/mol. The predicted octanol–water partition coefficient (Wildman–Crippen LogP) is 2.99. The van der Waals surface area contributed by atoms with Crippen LogP contribution in [-0.2, 0) is 16.4 Å². The summed E-state index contributed by atoms with van der Waals surface area (Å²) in [6, 6.07) is 13.9. The second-order valence-corrected chi connectivity index (χ2v) is 7.70. The van der Waals surface area contributed by atoms with Crippen molar-refractivity contribution in [2.45, 2.75) is 11.4 Å². The summed E-state index contributed by atoms with van der Waals surface area (Å²) >= 11 is 0. The Morgan fingerprint density at radius 2 is 1.88 bits per heavy atom. The standard InChI is InChI=1S/C17H16N4O4S/c1-26(24,25)16-9-5-8-15(17(16)21(22)23)19-14-10-18-20(12-14)11-13-6-3-2-4-7-13/h2-10,12,19H,11H2,1H3. The molecule has 0 saturated carbocycles. The molecule has 134 valence electrons. The molecule has 0 unspecified atom stereocenters. The summed E-state index contributed by atoms with van der Waals surface area (Å²) in [7, 11) is -3.73. The SMILES string of the molecule is CS(=O)(=O)c1cccc(Nc2cnn(Cc3ccccc3)c2)c1[N+](=O)[O-]. The van der Waals surface area contributed by atoms with Crippen LogP contribution < -0.4 is 5.32 Å². The van der Waals surface area contributed by atoms with Crippen molar-refractivity contribution in [3.05, 3.63) is 76.6 Å². The summed E-state index contributed by atoms with van der Waals surface area (Å²) in [6.45, 7) is 0.550. The first-order valence-corrected chi connectivity index (χ1v) is 9.54. The monoisotopic (exact) mass is 372 g/mol. The van der Waals surface area contributed by atoms with Gasteiger partial charge >= 0.3 is 5.69 Å². The van der Waals surface area contributed by atoms with Crippen LogP contribution in [-0.4, -0.2) is 29.4 Å². The maximum absolute atomic E-state index is 11.8. The highest BCUT2D eigenvalue weighted by Crippen LogP contribution is 2.33. The Morgan fingerprint density at radius 3 is 2.54 bits per heavy atom. The van der Waals surface area contributed by atoms with E-state index in [0.717, 1.165) is 11.8 Å². The molecule has 1 aromatic heterocycles. The van der Waals surface area contributed by atoms with E-state index in [4.69, 9.17) is 0 Å². The van der Waals surface area contributed by atoms with E-state index in [1.807, 2.05) is 30.3 Å². The smallest absolute Gasteiger partial charge is 0.311 e. The van der Waals surface area contributed by atoms with Crippen LogP contribution in [0.4, 0.5) is 17.1 Å². The van der Waals surface area contributed by atoms with Crippen molar-refractivity contribution in [2.24, 2.45) is 0 Å². The molecule has 0 bridgehead atoms. The summed E-state index contributed by atoms with van der Waals surface area (Å²) in [6.07, 6.45) is 4.17. The van der Waals surface area contributed by atoms with Gasteiger partial charge < -0.3 is 5.32 Å². The number of hydrogen-bond acceptors (Lipinski definition) is 6. The third kappa shape index (κ3) is 3.89. The molecule has 3 aromatic rings. The molecular weight excluding hydrogens is 356 g/mol. The van der Waals surface area contributed by atoms with E-state index in [1.165, 1.54) is 24.4 Å². The molecule has 3 rings (SSSR count). The molecular formula is C17H16N4O4S. The van der Waals surface area contributed by atoms with Gasteiger partial charge in [0.25, 0.3) is 0 Å². The van der Waals surface area contributed by atoms with E-state index < -0.39 is 20.4 Å². The molecule has 1 N–H and O–H groups in total. The Labute approximate surface area is 150 Å². The van der Waals surface area contributed by atoms with Gasteiger partial charge in [0.05, 0.1) is 23.4 Å². The molecule has 9 heteroatoms. The zero-order valence-corrected chi connectivity index (χ0v) is 14.7. The summed E-state index contributed by atoms with van der Waals surface area (Å²) in [5.74, 6) is 0. The van der Waals surface area contributed by atoms with E-state index >= 15 is 0 Å². The lowest BCUT2D eigenvalue weighted by Gasteiger charge is -2.08. The van der Waals surface area contributed by atoms with Crippen LogP contribution in [0.5, 0.6) is 0 Å². The van der Waals surface area contributed by atoms with Crippen LogP contribution in [0.2, 0.25) is 0 Å². The van der Waals surface area contributed by atoms with Gasteiger partial charge in [-0.3, -0.25) is 14.8 Å². The number of benzene rings is 2. The number of aromatic nitrogens is 2. The lowest BCUT2D eigenvalue weighted by Crippen LogP contribution is -2.05. The van der Waals surface area contributed by atoms with Gasteiger partial charge in [-0.25, -0.2) is 8.42 Å². The third-order valence-electron chi connectivity index (χ3n) is 3.68. The average Bonchev–Trinajstić information content (AvgIpc) is 3.01. The molecule has 0 aliphatic carbocycles. The van der Waals surface area contributed by atoms with Crippen molar-refractivity contribution < 1.29 is 13.3 Å². The highest BCUT2D eigenvalue weighted by molar-refractivity contribution is 7.90. The van der Waals surface area contributed by atoms with Gasteiger partial charge in [-0.2, -0.15) is 5.10 Å². The van der Waals surface area contributed by atoms with Crippen LogP contribution in [0, 0.1) is 10.1 Å². The van der Waals surface area contributed by atoms with Crippen molar-refractivity contribution in [3.63, 3.8) is 0 Å². The number of rotatable bonds is 6. The van der Waals surface area contributed by atoms with Crippen LogP contribution >= 0.6 is 0 Å². The Bertz CT molecular complexity index is 1050. The van der Waals surface area contributed by atoms with E-state index in [1.54, 1.807) is 10.9 Å². The Kier molecular flexibility index (Phi) is 4.72. The number of nitrogens with zero attached hydrogens (tertiary/aromatic N) is 3. The number of anilines is 2. The number of hydrogen-bond donors (Lipinski definition) is 1. The molecule has 0 fully saturated rings. The lowest BCUT2D eigenvalue weighted by atomic mass is 10.2. The fraction of sp³-hybridized carbons (Fsp3) is 0.118. The van der Waals surface area contributed by atoms with Crippen LogP contribution in [0.15, 0.2) is 65.8 Å². The molecule has 2 aromatic carbocycles. The number of sulfone groups is 1. The van der Waals surface area contributed by atoms with Crippen LogP contribution in [0.3, 0.4) is 0 Å². The lowest BCUT2D eigenvalue weighted by molar-refractivity contribution is -0.386. The Morgan fingerprint density at radius 1 is 1.15 bits per heavy atom. The first-order chi connectivity index (χ1) is 12.3. The van der Waals surface area contributed by atoms with Crippen LogP contribution in [0.25, 0.3) is 0 Å². The van der Waals surface area contributed by atoms with Gasteiger partial charge in [0.1, 0.15) is 10.6 Å². The molecule has 1 heterocycles. The second kappa shape index (κ2) is 6.96. The molecule has 26 heavy (non-hydrogen) atoms. The number of para-hydroxylation sites is 1. The normalized spacial score (nSPS) is 11.3. The summed E-state index contributed by atoms with van der Waals surface area (Å²) in [4.78, 5) is 10.4. The fourth-order valence-electron chi connectivity index (χ4n) is 2.55. The van der Waals surface area contributed by atoms with Gasteiger partial charge in [0, 0.05) is 12.5 Å². The first kappa shape index (κ1) is 17.6. The Balaban J connectivity index is 1.89. The number of nitro benzene ring substituents is 1. The molecule has 0 saturated heterocycles. The van der Waals surface area contributed by atoms with E-state index in [2.05, 4.69) is 10.4 Å². The molecule has 0 aliphatic heterocycles. The van der Waals surface area contributed by atoms with Gasteiger partial charge in [-0.1, -0.05) is 36.4 Å². The van der Waals surface area contributed by atoms with Gasteiger partial charge in [-0.15, -0.1) is 0 Å². The van der Waals surface area contributed by atoms with Crippen molar-refractivity contribution in [1.29, 1.82) is 0 Å². The molecule has 0 atom stereocenters. The minimum Gasteiger partial charge on any atom is -0.347 e. The largest absolute Gasteiger partial charge is 0.347 e. The summed E-state index contributed by atoms with van der Waals surface area (Å²) in [5.41, 5.74) is 1.20. The zero-order valence-electron chi connectivity index (χ0n) is 13.9. The topological polar surface area (TPSA) is 107 Å². The van der Waals surface area contributed by atoms with E-state index in [-0.39, 0.29) is 10.6 Å². The first-order valence-electron chi connectivity index (χ1n) is 7.65. The zero-order chi connectivity index (χ0) is 18.7. The number of nitrogens with one attached hydrogen (secondary N) is 1. The van der Waals surface area contributed by atoms with Crippen molar-refractivity contribution in [2.75, 3.05) is 11.6 Å². The van der Waals surface area contributed by atoms with Gasteiger partial charge in [0.2, 0.25) is 0 Å². The van der Waals surface area contributed by atoms with Gasteiger partial charge in [-0.05, 0) is 17.7 Å². The molecule has 0 aliphatic rings. The molecule has 0 amide bonds. The number of nitro groups is 1. The molecule has 0 radical (unpaired) electrons. The minimum absolute atomic E-state index is 0.0946. The minimum atomic E-state index is -3.73. The fourth-order valence-corrected chi connectivity index (χ4v) is 3.41. The summed E-state index contributed by atoms with van der Waals surface area (Å²) in [5, 5.41) is 18.5. The second-order valence-electron chi connectivity index (χ2n) is 5.72. The maximum Gasteiger partial charge on any atom is 0.311 e. The molecule has 8 nitrogen and oxygen atoms in total. The summed E-state index contributed by atoms with van der Waals surface area (Å²) < 4.78 is 25.3. The highest BCUT2D eigenvalue weighted by Gasteiger charge is 2.26. The van der Waals surface area contributed by atoms with E-state index in [9.17, 15) is 18.5 Å².